The molecule has 0 amide bonds. The average molecular weight is 277 g/mol. The highest BCUT2D eigenvalue weighted by Gasteiger charge is 2.35. The van der Waals surface area contributed by atoms with Crippen LogP contribution in [-0.4, -0.2) is 69.7 Å². The van der Waals surface area contributed by atoms with E-state index in [2.05, 4.69) is 9.64 Å². The maximum Gasteiger partial charge on any atom is 0.308 e. The molecule has 2 rings (SSSR count). The maximum absolute atomic E-state index is 11.5. The van der Waals surface area contributed by atoms with Gasteiger partial charge in [0.25, 0.3) is 0 Å². The quantitative estimate of drug-likeness (QED) is 0.644. The van der Waals surface area contributed by atoms with Crippen molar-refractivity contribution >= 4 is 15.8 Å². The van der Waals surface area contributed by atoms with E-state index in [4.69, 9.17) is 4.74 Å². The van der Waals surface area contributed by atoms with Gasteiger partial charge in [-0.25, -0.2) is 8.42 Å². The van der Waals surface area contributed by atoms with E-state index in [0.717, 1.165) is 6.54 Å². The Morgan fingerprint density at radius 3 is 2.89 bits per heavy atom. The van der Waals surface area contributed by atoms with Crippen LogP contribution in [0.4, 0.5) is 0 Å². The molecule has 2 aliphatic rings. The number of hydrogen-bond acceptors (Lipinski definition) is 6. The van der Waals surface area contributed by atoms with Gasteiger partial charge in [0, 0.05) is 19.1 Å². The van der Waals surface area contributed by atoms with Gasteiger partial charge in [0.1, 0.15) is 0 Å². The van der Waals surface area contributed by atoms with Gasteiger partial charge >= 0.3 is 5.97 Å². The van der Waals surface area contributed by atoms with Crippen molar-refractivity contribution in [1.82, 2.24) is 4.90 Å². The highest BCUT2D eigenvalue weighted by Crippen LogP contribution is 2.21. The number of ether oxygens (including phenoxy) is 2. The lowest BCUT2D eigenvalue weighted by molar-refractivity contribution is -0.146. The van der Waals surface area contributed by atoms with Crippen LogP contribution in [0.25, 0.3) is 0 Å². The number of nitrogens with zero attached hydrogens (tertiary/aromatic N) is 1. The van der Waals surface area contributed by atoms with Crippen molar-refractivity contribution in [2.75, 3.05) is 38.3 Å². The third kappa shape index (κ3) is 3.43. The zero-order chi connectivity index (χ0) is 13.2. The summed E-state index contributed by atoms with van der Waals surface area (Å²) in [7, 11) is -1.51. The number of methoxy groups -OCH3 is 1. The number of rotatable bonds is 3. The Hall–Kier alpha value is -0.660. The van der Waals surface area contributed by atoms with Crippen LogP contribution in [0.15, 0.2) is 0 Å². The Morgan fingerprint density at radius 1 is 1.50 bits per heavy atom. The Kier molecular flexibility index (Phi) is 4.24. The van der Waals surface area contributed by atoms with Gasteiger partial charge in [0.05, 0.1) is 37.7 Å². The highest BCUT2D eigenvalue weighted by atomic mass is 32.2. The molecule has 2 atom stereocenters. The number of hydrogen-bond donors (Lipinski definition) is 0. The van der Waals surface area contributed by atoms with E-state index in [1.165, 1.54) is 7.11 Å². The van der Waals surface area contributed by atoms with E-state index in [1.54, 1.807) is 0 Å². The molecule has 0 radical (unpaired) electrons. The molecule has 0 aromatic heterocycles. The molecule has 0 saturated carbocycles. The first-order valence-electron chi connectivity index (χ1n) is 6.13. The lowest BCUT2D eigenvalue weighted by atomic mass is 10.1. The summed E-state index contributed by atoms with van der Waals surface area (Å²) in [6.07, 6.45) is 0.731. The van der Waals surface area contributed by atoms with Crippen molar-refractivity contribution < 1.29 is 22.7 Å². The van der Waals surface area contributed by atoms with E-state index in [9.17, 15) is 13.2 Å². The molecule has 0 aromatic rings. The lowest BCUT2D eigenvalue weighted by Gasteiger charge is -2.35. The van der Waals surface area contributed by atoms with Gasteiger partial charge in [-0.05, 0) is 6.42 Å². The first-order valence-corrected chi connectivity index (χ1v) is 7.95. The fourth-order valence-electron chi connectivity index (χ4n) is 2.53. The van der Waals surface area contributed by atoms with E-state index in [-0.39, 0.29) is 36.0 Å². The summed E-state index contributed by atoms with van der Waals surface area (Å²) < 4.78 is 33.0. The largest absolute Gasteiger partial charge is 0.469 e. The van der Waals surface area contributed by atoms with Crippen LogP contribution in [0.2, 0.25) is 0 Å². The van der Waals surface area contributed by atoms with Crippen LogP contribution >= 0.6 is 0 Å². The predicted octanol–water partition coefficient (Wildman–Crippen LogP) is -0.563. The first-order chi connectivity index (χ1) is 8.50. The monoisotopic (exact) mass is 277 g/mol. The minimum absolute atomic E-state index is 0.0825. The summed E-state index contributed by atoms with van der Waals surface area (Å²) >= 11 is 0. The standard InChI is InChI=1S/C11H19NO5S/c1-16-11(13)6-10-7-12(3-4-17-10)9-2-5-18(14,15)8-9/h9-10H,2-8H2,1H3. The highest BCUT2D eigenvalue weighted by molar-refractivity contribution is 7.91. The molecule has 2 unspecified atom stereocenters. The smallest absolute Gasteiger partial charge is 0.308 e. The molecule has 2 fully saturated rings. The molecular formula is C11H19NO5S. The number of esters is 1. The van der Waals surface area contributed by atoms with Crippen molar-refractivity contribution in [2.24, 2.45) is 0 Å². The van der Waals surface area contributed by atoms with Gasteiger partial charge < -0.3 is 9.47 Å². The summed E-state index contributed by atoms with van der Waals surface area (Å²) in [5, 5.41) is 0. The summed E-state index contributed by atoms with van der Waals surface area (Å²) in [6.45, 7) is 1.88. The molecule has 2 aliphatic heterocycles. The Labute approximate surface area is 107 Å². The summed E-state index contributed by atoms with van der Waals surface area (Å²) in [4.78, 5) is 13.3. The second kappa shape index (κ2) is 5.54. The van der Waals surface area contributed by atoms with Gasteiger partial charge in [-0.3, -0.25) is 9.69 Å². The van der Waals surface area contributed by atoms with Gasteiger partial charge in [0.2, 0.25) is 0 Å². The topological polar surface area (TPSA) is 72.9 Å². The van der Waals surface area contributed by atoms with Crippen LogP contribution in [0, 0.1) is 0 Å². The number of carbonyl (C=O) groups is 1. The molecule has 2 saturated heterocycles. The van der Waals surface area contributed by atoms with E-state index in [0.29, 0.717) is 19.6 Å². The SMILES string of the molecule is COC(=O)CC1CN(C2CCS(=O)(=O)C2)CCO1. The third-order valence-electron chi connectivity index (χ3n) is 3.52. The summed E-state index contributed by atoms with van der Waals surface area (Å²) in [6, 6.07) is 0.0825. The molecule has 2 heterocycles. The zero-order valence-electron chi connectivity index (χ0n) is 10.5. The summed E-state index contributed by atoms with van der Waals surface area (Å²) in [5.74, 6) is 0.218. The van der Waals surface area contributed by atoms with Crippen molar-refractivity contribution in [3.05, 3.63) is 0 Å². The van der Waals surface area contributed by atoms with E-state index >= 15 is 0 Å². The molecular weight excluding hydrogens is 258 g/mol. The van der Waals surface area contributed by atoms with Gasteiger partial charge in [-0.1, -0.05) is 0 Å². The van der Waals surface area contributed by atoms with Crippen molar-refractivity contribution in [2.45, 2.75) is 25.0 Å². The molecule has 7 heteroatoms. The second-order valence-corrected chi connectivity index (χ2v) is 7.05. The molecule has 0 spiro atoms. The van der Waals surface area contributed by atoms with E-state index < -0.39 is 9.84 Å². The van der Waals surface area contributed by atoms with Gasteiger partial charge in [-0.15, -0.1) is 0 Å². The molecule has 0 N–H and O–H groups in total. The molecule has 0 aliphatic carbocycles. The van der Waals surface area contributed by atoms with Crippen LogP contribution < -0.4 is 0 Å². The number of sulfone groups is 1. The molecule has 18 heavy (non-hydrogen) atoms. The Bertz CT molecular complexity index is 408. The molecule has 6 nitrogen and oxygen atoms in total. The average Bonchev–Trinajstić information content (AvgIpc) is 2.70. The normalized spacial score (nSPS) is 32.3. The fourth-order valence-corrected chi connectivity index (χ4v) is 4.29. The van der Waals surface area contributed by atoms with Crippen LogP contribution in [0.3, 0.4) is 0 Å². The van der Waals surface area contributed by atoms with Crippen molar-refractivity contribution in [3.8, 4) is 0 Å². The van der Waals surface area contributed by atoms with Gasteiger partial charge in [0.15, 0.2) is 9.84 Å². The van der Waals surface area contributed by atoms with Crippen molar-refractivity contribution in [1.29, 1.82) is 0 Å². The van der Waals surface area contributed by atoms with Gasteiger partial charge in [-0.2, -0.15) is 0 Å². The molecule has 0 aromatic carbocycles. The van der Waals surface area contributed by atoms with Crippen molar-refractivity contribution in [3.63, 3.8) is 0 Å². The van der Waals surface area contributed by atoms with E-state index in [1.807, 2.05) is 0 Å². The van der Waals surface area contributed by atoms with Crippen LogP contribution in [0.1, 0.15) is 12.8 Å². The number of carbonyl (C=O) groups excluding carboxylic acids is 1. The van der Waals surface area contributed by atoms with Crippen LogP contribution in [-0.2, 0) is 24.1 Å². The predicted molar refractivity (Wildman–Crippen MR) is 65.0 cm³/mol. The number of morpholine rings is 1. The third-order valence-corrected chi connectivity index (χ3v) is 5.27. The minimum Gasteiger partial charge on any atom is -0.469 e. The maximum atomic E-state index is 11.5. The fraction of sp³-hybridized carbons (Fsp3) is 0.909. The van der Waals surface area contributed by atoms with Crippen LogP contribution in [0.5, 0.6) is 0 Å². The molecule has 104 valence electrons. The minimum atomic E-state index is -2.86. The summed E-state index contributed by atoms with van der Waals surface area (Å²) in [5.41, 5.74) is 0. The zero-order valence-corrected chi connectivity index (χ0v) is 11.3. The lowest BCUT2D eigenvalue weighted by Crippen LogP contribution is -2.48. The molecule has 0 bridgehead atoms. The first kappa shape index (κ1) is 13.8. The Balaban J connectivity index is 1.89. The Morgan fingerprint density at radius 2 is 2.28 bits per heavy atom. The second-order valence-electron chi connectivity index (χ2n) is 4.82.